The smallest absolute Gasteiger partial charge is 0.243 e. The molecule has 0 N–H and O–H groups in total. The van der Waals surface area contributed by atoms with E-state index in [4.69, 9.17) is 0 Å². The lowest BCUT2D eigenvalue weighted by molar-refractivity contribution is -0.132. The van der Waals surface area contributed by atoms with Crippen molar-refractivity contribution in [3.05, 3.63) is 30.3 Å². The van der Waals surface area contributed by atoms with Crippen LogP contribution in [0, 0.1) is 5.92 Å². The van der Waals surface area contributed by atoms with Gasteiger partial charge in [0.2, 0.25) is 15.9 Å². The van der Waals surface area contributed by atoms with E-state index < -0.39 is 10.0 Å². The zero-order valence-electron chi connectivity index (χ0n) is 16.2. The number of carbonyl (C=O) groups is 1. The Morgan fingerprint density at radius 3 is 2.30 bits per heavy atom. The highest BCUT2D eigenvalue weighted by atomic mass is 32.2. The molecule has 1 aromatic rings. The Hall–Kier alpha value is -1.44. The molecule has 0 unspecified atom stereocenters. The van der Waals surface area contributed by atoms with E-state index in [1.165, 1.54) is 36.4 Å². The maximum Gasteiger partial charge on any atom is 0.243 e. The summed E-state index contributed by atoms with van der Waals surface area (Å²) in [5.74, 6) is 0.778. The fourth-order valence-electron chi connectivity index (χ4n) is 4.04. The van der Waals surface area contributed by atoms with Crippen molar-refractivity contribution in [1.29, 1.82) is 0 Å². The number of hydrogen-bond donors (Lipinski definition) is 0. The fraction of sp³-hybridized carbons (Fsp3) is 0.650. The highest BCUT2D eigenvalue weighted by molar-refractivity contribution is 7.89. The van der Waals surface area contributed by atoms with Crippen molar-refractivity contribution in [2.24, 2.45) is 5.92 Å². The number of sulfonamides is 1. The predicted molar refractivity (Wildman–Crippen MR) is 106 cm³/mol. The largest absolute Gasteiger partial charge is 0.344 e. The number of likely N-dealkylation sites (N-methyl/N-ethyl adjacent to an activating group) is 1. The van der Waals surface area contributed by atoms with Crippen LogP contribution in [0.3, 0.4) is 0 Å². The number of rotatable bonds is 6. The van der Waals surface area contributed by atoms with Gasteiger partial charge in [0, 0.05) is 39.8 Å². The number of nitrogens with zero attached hydrogens (tertiary/aromatic N) is 3. The molecule has 1 heterocycles. The topological polar surface area (TPSA) is 60.9 Å². The van der Waals surface area contributed by atoms with Crippen molar-refractivity contribution < 1.29 is 13.2 Å². The van der Waals surface area contributed by atoms with E-state index in [-0.39, 0.29) is 5.91 Å². The summed E-state index contributed by atoms with van der Waals surface area (Å²) in [7, 11) is -1.54. The average Bonchev–Trinajstić information content (AvgIpc) is 2.70. The van der Waals surface area contributed by atoms with E-state index in [1.807, 2.05) is 18.0 Å². The average molecular weight is 394 g/mol. The zero-order valence-corrected chi connectivity index (χ0v) is 17.0. The van der Waals surface area contributed by atoms with Crippen LogP contribution in [-0.2, 0) is 14.8 Å². The lowest BCUT2D eigenvalue weighted by Gasteiger charge is -2.35. The minimum Gasteiger partial charge on any atom is -0.344 e. The molecule has 1 aromatic carbocycles. The van der Waals surface area contributed by atoms with Crippen molar-refractivity contribution in [2.75, 3.05) is 46.3 Å². The SMILES string of the molecule is CN(CC1CCCCC1)C(=O)CN1CCN(S(=O)(=O)c2ccccc2)CC1. The van der Waals surface area contributed by atoms with Gasteiger partial charge in [0.05, 0.1) is 11.4 Å². The van der Waals surface area contributed by atoms with Gasteiger partial charge in [-0.25, -0.2) is 8.42 Å². The first-order chi connectivity index (χ1) is 13.0. The number of benzene rings is 1. The summed E-state index contributed by atoms with van der Waals surface area (Å²) in [5.41, 5.74) is 0. The molecule has 0 spiro atoms. The van der Waals surface area contributed by atoms with E-state index in [0.29, 0.717) is 43.5 Å². The van der Waals surface area contributed by atoms with E-state index in [2.05, 4.69) is 4.90 Å². The van der Waals surface area contributed by atoms with Crippen molar-refractivity contribution in [3.63, 3.8) is 0 Å². The summed E-state index contributed by atoms with van der Waals surface area (Å²) in [6, 6.07) is 8.55. The van der Waals surface area contributed by atoms with Crippen LogP contribution in [0.5, 0.6) is 0 Å². The highest BCUT2D eigenvalue weighted by Crippen LogP contribution is 2.24. The van der Waals surface area contributed by atoms with Gasteiger partial charge in [-0.1, -0.05) is 37.5 Å². The molecule has 27 heavy (non-hydrogen) atoms. The molecule has 6 nitrogen and oxygen atoms in total. The van der Waals surface area contributed by atoms with Gasteiger partial charge in [0.25, 0.3) is 0 Å². The minimum atomic E-state index is -3.44. The first-order valence-corrected chi connectivity index (χ1v) is 11.4. The van der Waals surface area contributed by atoms with Crippen LogP contribution >= 0.6 is 0 Å². The Morgan fingerprint density at radius 1 is 1.04 bits per heavy atom. The van der Waals surface area contributed by atoms with Crippen molar-refractivity contribution in [2.45, 2.75) is 37.0 Å². The molecule has 150 valence electrons. The number of carbonyl (C=O) groups excluding carboxylic acids is 1. The number of hydrogen-bond acceptors (Lipinski definition) is 4. The van der Waals surface area contributed by atoms with E-state index in [9.17, 15) is 13.2 Å². The van der Waals surface area contributed by atoms with Crippen LogP contribution in [0.2, 0.25) is 0 Å². The third-order valence-corrected chi connectivity index (χ3v) is 7.67. The molecule has 3 rings (SSSR count). The molecule has 1 amide bonds. The molecule has 0 radical (unpaired) electrons. The molecule has 1 aliphatic carbocycles. The zero-order chi connectivity index (χ0) is 19.3. The van der Waals surface area contributed by atoms with Crippen LogP contribution in [0.1, 0.15) is 32.1 Å². The molecular formula is C20H31N3O3S. The lowest BCUT2D eigenvalue weighted by atomic mass is 9.89. The molecule has 1 saturated carbocycles. The molecule has 1 saturated heterocycles. The molecule has 2 fully saturated rings. The summed E-state index contributed by atoms with van der Waals surface area (Å²) in [4.78, 5) is 16.8. The van der Waals surface area contributed by atoms with Crippen LogP contribution < -0.4 is 0 Å². The second-order valence-corrected chi connectivity index (χ2v) is 9.71. The van der Waals surface area contributed by atoms with Gasteiger partial charge in [-0.2, -0.15) is 4.31 Å². The van der Waals surface area contributed by atoms with Crippen LogP contribution in [0.25, 0.3) is 0 Å². The molecule has 0 atom stereocenters. The fourth-order valence-corrected chi connectivity index (χ4v) is 5.48. The monoisotopic (exact) mass is 393 g/mol. The van der Waals surface area contributed by atoms with Gasteiger partial charge in [-0.05, 0) is 30.9 Å². The van der Waals surface area contributed by atoms with Crippen LogP contribution in [0.4, 0.5) is 0 Å². The van der Waals surface area contributed by atoms with Gasteiger partial charge >= 0.3 is 0 Å². The maximum atomic E-state index is 12.7. The summed E-state index contributed by atoms with van der Waals surface area (Å²) in [6.45, 7) is 3.27. The molecule has 0 aromatic heterocycles. The Morgan fingerprint density at radius 2 is 1.67 bits per heavy atom. The Bertz CT molecular complexity index is 709. The minimum absolute atomic E-state index is 0.139. The second-order valence-electron chi connectivity index (χ2n) is 7.77. The van der Waals surface area contributed by atoms with E-state index in [0.717, 1.165) is 6.54 Å². The standard InChI is InChI=1S/C20H31N3O3S/c1-21(16-18-8-4-2-5-9-18)20(24)17-22-12-14-23(15-13-22)27(25,26)19-10-6-3-7-11-19/h3,6-7,10-11,18H,2,4-5,8-9,12-17H2,1H3. The molecule has 1 aliphatic heterocycles. The van der Waals surface area contributed by atoms with Crippen molar-refractivity contribution in [1.82, 2.24) is 14.1 Å². The highest BCUT2D eigenvalue weighted by Gasteiger charge is 2.29. The van der Waals surface area contributed by atoms with Gasteiger partial charge < -0.3 is 4.90 Å². The molecule has 0 bridgehead atoms. The van der Waals surface area contributed by atoms with E-state index in [1.54, 1.807) is 24.3 Å². The lowest BCUT2D eigenvalue weighted by Crippen LogP contribution is -2.51. The van der Waals surface area contributed by atoms with Crippen LogP contribution in [-0.4, -0.2) is 74.7 Å². The second kappa shape index (κ2) is 9.17. The summed E-state index contributed by atoms with van der Waals surface area (Å²) in [6.07, 6.45) is 6.35. The molecular weight excluding hydrogens is 362 g/mol. The van der Waals surface area contributed by atoms with Crippen molar-refractivity contribution >= 4 is 15.9 Å². The van der Waals surface area contributed by atoms with Gasteiger partial charge in [-0.3, -0.25) is 9.69 Å². The Balaban J connectivity index is 1.47. The van der Waals surface area contributed by atoms with Gasteiger partial charge in [-0.15, -0.1) is 0 Å². The normalized spacial score (nSPS) is 20.5. The summed E-state index contributed by atoms with van der Waals surface area (Å²) < 4.78 is 26.9. The maximum absolute atomic E-state index is 12.7. The number of amides is 1. The third kappa shape index (κ3) is 5.30. The first-order valence-electron chi connectivity index (χ1n) is 9.98. The van der Waals surface area contributed by atoms with Gasteiger partial charge in [0.1, 0.15) is 0 Å². The van der Waals surface area contributed by atoms with Crippen molar-refractivity contribution in [3.8, 4) is 0 Å². The third-order valence-electron chi connectivity index (χ3n) is 5.75. The molecule has 2 aliphatic rings. The van der Waals surface area contributed by atoms with Gasteiger partial charge in [0.15, 0.2) is 0 Å². The Kier molecular flexibility index (Phi) is 6.89. The number of piperazine rings is 1. The summed E-state index contributed by atoms with van der Waals surface area (Å²) >= 11 is 0. The predicted octanol–water partition coefficient (Wildman–Crippen LogP) is 2.03. The summed E-state index contributed by atoms with van der Waals surface area (Å²) in [5, 5.41) is 0. The molecule has 7 heteroatoms. The first kappa shape index (κ1) is 20.3. The van der Waals surface area contributed by atoms with Crippen LogP contribution in [0.15, 0.2) is 35.2 Å². The quantitative estimate of drug-likeness (QED) is 0.742. The Labute approximate surface area is 163 Å². The van der Waals surface area contributed by atoms with E-state index >= 15 is 0 Å².